The van der Waals surface area contributed by atoms with Gasteiger partial charge in [0.2, 0.25) is 0 Å². The molecular weight excluding hydrogens is 276 g/mol. The van der Waals surface area contributed by atoms with Crippen LogP contribution in [0.25, 0.3) is 0 Å². The highest BCUT2D eigenvalue weighted by Gasteiger charge is 2.16. The highest BCUT2D eigenvalue weighted by Crippen LogP contribution is 2.27. The van der Waals surface area contributed by atoms with E-state index < -0.39 is 0 Å². The molecule has 2 nitrogen and oxygen atoms in total. The van der Waals surface area contributed by atoms with Crippen LogP contribution in [0.15, 0.2) is 18.2 Å². The number of nitrogens with two attached hydrogens (primary N) is 1. The van der Waals surface area contributed by atoms with Gasteiger partial charge in [0, 0.05) is 28.9 Å². The minimum atomic E-state index is 0.392. The first-order valence-corrected chi connectivity index (χ1v) is 7.62. The Labute approximate surface area is 126 Å². The summed E-state index contributed by atoms with van der Waals surface area (Å²) in [6.45, 7) is 7.56. The molecule has 1 aromatic rings. The molecule has 0 aliphatic carbocycles. The topological polar surface area (TPSA) is 29.3 Å². The van der Waals surface area contributed by atoms with E-state index in [4.69, 9.17) is 29.6 Å². The summed E-state index contributed by atoms with van der Waals surface area (Å²) in [5.74, 6) is 0. The molecule has 0 bridgehead atoms. The standard InChI is InChI=1S/C15H23ClN2S/c1-4-5-6-9-18(11(2)3)14-10-12(16)7-8-13(14)15(17)19/h7-8,10-11H,4-6,9H2,1-3H3,(H2,17,19). The van der Waals surface area contributed by atoms with Gasteiger partial charge in [0.05, 0.1) is 0 Å². The lowest BCUT2D eigenvalue weighted by Gasteiger charge is -2.31. The zero-order valence-corrected chi connectivity index (χ0v) is 13.5. The summed E-state index contributed by atoms with van der Waals surface area (Å²) in [5.41, 5.74) is 7.77. The summed E-state index contributed by atoms with van der Waals surface area (Å²) < 4.78 is 0. The number of unbranched alkanes of at least 4 members (excludes halogenated alkanes) is 2. The maximum atomic E-state index is 6.12. The van der Waals surface area contributed by atoms with E-state index in [2.05, 4.69) is 25.7 Å². The molecule has 0 unspecified atom stereocenters. The van der Waals surface area contributed by atoms with Crippen molar-refractivity contribution in [2.24, 2.45) is 5.73 Å². The predicted octanol–water partition coefficient (Wildman–Crippen LogP) is 4.38. The summed E-state index contributed by atoms with van der Waals surface area (Å²) in [7, 11) is 0. The van der Waals surface area contributed by atoms with Crippen molar-refractivity contribution in [2.45, 2.75) is 46.1 Å². The number of thiocarbonyl (C=S) groups is 1. The maximum absolute atomic E-state index is 6.12. The van der Waals surface area contributed by atoms with E-state index in [1.807, 2.05) is 18.2 Å². The average molecular weight is 299 g/mol. The monoisotopic (exact) mass is 298 g/mol. The molecule has 0 aliphatic heterocycles. The number of anilines is 1. The van der Waals surface area contributed by atoms with Gasteiger partial charge in [-0.2, -0.15) is 0 Å². The third kappa shape index (κ3) is 4.66. The highest BCUT2D eigenvalue weighted by molar-refractivity contribution is 7.80. The molecule has 19 heavy (non-hydrogen) atoms. The lowest BCUT2D eigenvalue weighted by atomic mass is 10.1. The summed E-state index contributed by atoms with van der Waals surface area (Å²) in [4.78, 5) is 2.75. The van der Waals surface area contributed by atoms with E-state index in [1.54, 1.807) is 0 Å². The molecule has 1 rings (SSSR count). The second-order valence-electron chi connectivity index (χ2n) is 5.02. The largest absolute Gasteiger partial charge is 0.389 e. The molecule has 0 radical (unpaired) electrons. The highest BCUT2D eigenvalue weighted by atomic mass is 35.5. The Morgan fingerprint density at radius 1 is 1.37 bits per heavy atom. The minimum Gasteiger partial charge on any atom is -0.389 e. The fourth-order valence-electron chi connectivity index (χ4n) is 2.14. The van der Waals surface area contributed by atoms with E-state index in [1.165, 1.54) is 12.8 Å². The Morgan fingerprint density at radius 2 is 2.05 bits per heavy atom. The predicted molar refractivity (Wildman–Crippen MR) is 89.3 cm³/mol. The zero-order chi connectivity index (χ0) is 14.4. The van der Waals surface area contributed by atoms with Gasteiger partial charge < -0.3 is 10.6 Å². The third-order valence-electron chi connectivity index (χ3n) is 3.16. The summed E-state index contributed by atoms with van der Waals surface area (Å²) in [6.07, 6.45) is 3.60. The van der Waals surface area contributed by atoms with Crippen molar-refractivity contribution in [3.8, 4) is 0 Å². The number of hydrogen-bond donors (Lipinski definition) is 1. The normalized spacial score (nSPS) is 10.8. The van der Waals surface area contributed by atoms with Crippen molar-refractivity contribution in [2.75, 3.05) is 11.4 Å². The molecule has 0 heterocycles. The fourth-order valence-corrected chi connectivity index (χ4v) is 2.48. The van der Waals surface area contributed by atoms with Crippen LogP contribution in [0.2, 0.25) is 5.02 Å². The number of benzene rings is 1. The molecule has 0 aromatic heterocycles. The molecule has 1 aromatic carbocycles. The van der Waals surface area contributed by atoms with Gasteiger partial charge in [0.1, 0.15) is 4.99 Å². The maximum Gasteiger partial charge on any atom is 0.106 e. The van der Waals surface area contributed by atoms with Crippen molar-refractivity contribution < 1.29 is 0 Å². The van der Waals surface area contributed by atoms with E-state index in [9.17, 15) is 0 Å². The van der Waals surface area contributed by atoms with Crippen molar-refractivity contribution in [3.05, 3.63) is 28.8 Å². The number of halogens is 1. The second kappa shape index (κ2) is 7.71. The van der Waals surface area contributed by atoms with Gasteiger partial charge in [-0.25, -0.2) is 0 Å². The Hall–Kier alpha value is -0.800. The molecule has 0 atom stereocenters. The minimum absolute atomic E-state index is 0.392. The van der Waals surface area contributed by atoms with E-state index in [0.29, 0.717) is 11.0 Å². The smallest absolute Gasteiger partial charge is 0.106 e. The zero-order valence-electron chi connectivity index (χ0n) is 11.9. The summed E-state index contributed by atoms with van der Waals surface area (Å²) in [5, 5.41) is 0.719. The molecule has 0 saturated carbocycles. The first kappa shape index (κ1) is 16.3. The number of hydrogen-bond acceptors (Lipinski definition) is 2. The van der Waals surface area contributed by atoms with Crippen LogP contribution in [0.3, 0.4) is 0 Å². The molecule has 0 saturated heterocycles. The van der Waals surface area contributed by atoms with Crippen LogP contribution >= 0.6 is 23.8 Å². The average Bonchev–Trinajstić information content (AvgIpc) is 2.33. The fraction of sp³-hybridized carbons (Fsp3) is 0.533. The Bertz CT molecular complexity index is 432. The summed E-state index contributed by atoms with van der Waals surface area (Å²) >= 11 is 11.3. The van der Waals surface area contributed by atoms with Crippen LogP contribution in [0, 0.1) is 0 Å². The second-order valence-corrected chi connectivity index (χ2v) is 5.90. The van der Waals surface area contributed by atoms with Crippen LogP contribution < -0.4 is 10.6 Å². The lowest BCUT2D eigenvalue weighted by Crippen LogP contribution is -2.33. The summed E-state index contributed by atoms with van der Waals surface area (Å²) in [6, 6.07) is 6.10. The Balaban J connectivity index is 3.06. The van der Waals surface area contributed by atoms with Gasteiger partial charge in [-0.3, -0.25) is 0 Å². The van der Waals surface area contributed by atoms with Gasteiger partial charge >= 0.3 is 0 Å². The molecule has 0 spiro atoms. The van der Waals surface area contributed by atoms with E-state index in [0.717, 1.165) is 29.2 Å². The Morgan fingerprint density at radius 3 is 2.58 bits per heavy atom. The van der Waals surface area contributed by atoms with Gasteiger partial charge in [0.15, 0.2) is 0 Å². The van der Waals surface area contributed by atoms with Crippen LogP contribution in [0.1, 0.15) is 45.6 Å². The van der Waals surface area contributed by atoms with Gasteiger partial charge in [-0.15, -0.1) is 0 Å². The quantitative estimate of drug-likeness (QED) is 0.598. The molecule has 106 valence electrons. The van der Waals surface area contributed by atoms with Crippen molar-refractivity contribution in [3.63, 3.8) is 0 Å². The van der Waals surface area contributed by atoms with Crippen molar-refractivity contribution in [1.82, 2.24) is 0 Å². The van der Waals surface area contributed by atoms with E-state index >= 15 is 0 Å². The molecule has 2 N–H and O–H groups in total. The molecule has 0 aliphatic rings. The Kier molecular flexibility index (Phi) is 6.59. The van der Waals surface area contributed by atoms with Crippen LogP contribution in [0.5, 0.6) is 0 Å². The first-order valence-electron chi connectivity index (χ1n) is 6.83. The van der Waals surface area contributed by atoms with Gasteiger partial charge in [0.25, 0.3) is 0 Å². The van der Waals surface area contributed by atoms with Gasteiger partial charge in [-0.05, 0) is 38.5 Å². The number of nitrogens with zero attached hydrogens (tertiary/aromatic N) is 1. The van der Waals surface area contributed by atoms with Crippen LogP contribution in [-0.2, 0) is 0 Å². The number of rotatable bonds is 7. The molecule has 4 heteroatoms. The molecular formula is C15H23ClN2S. The third-order valence-corrected chi connectivity index (χ3v) is 3.62. The van der Waals surface area contributed by atoms with Crippen molar-refractivity contribution in [1.29, 1.82) is 0 Å². The van der Waals surface area contributed by atoms with E-state index in [-0.39, 0.29) is 0 Å². The molecule has 0 amide bonds. The lowest BCUT2D eigenvalue weighted by molar-refractivity contribution is 0.626. The van der Waals surface area contributed by atoms with Crippen molar-refractivity contribution >= 4 is 34.5 Å². The SMILES string of the molecule is CCCCCN(c1cc(Cl)ccc1C(N)=S)C(C)C. The molecule has 0 fully saturated rings. The van der Waals surface area contributed by atoms with Crippen LogP contribution in [0.4, 0.5) is 5.69 Å². The first-order chi connectivity index (χ1) is 8.97. The van der Waals surface area contributed by atoms with Crippen LogP contribution in [-0.4, -0.2) is 17.6 Å². The van der Waals surface area contributed by atoms with Gasteiger partial charge in [-0.1, -0.05) is 43.6 Å².